The molecule has 0 N–H and O–H groups in total. The quantitative estimate of drug-likeness (QED) is 0.342. The maximum atomic E-state index is 8.28. The zero-order chi connectivity index (χ0) is 8.04. The lowest BCUT2D eigenvalue weighted by molar-refractivity contribution is -0.888. The third-order valence-electron chi connectivity index (χ3n) is 1.91. The number of nitrogens with zero attached hydrogens (tertiary/aromatic N) is 2. The van der Waals surface area contributed by atoms with Gasteiger partial charge in [-0.3, -0.25) is 0 Å². The van der Waals surface area contributed by atoms with E-state index in [1.165, 1.54) is 0 Å². The molecule has 3 heteroatoms. The highest BCUT2D eigenvalue weighted by molar-refractivity contribution is 4.67. The van der Waals surface area contributed by atoms with Crippen molar-refractivity contribution in [3.8, 4) is 6.07 Å². The van der Waals surface area contributed by atoms with Crippen molar-refractivity contribution in [2.75, 3.05) is 27.2 Å². The van der Waals surface area contributed by atoms with E-state index in [2.05, 4.69) is 27.1 Å². The van der Waals surface area contributed by atoms with Gasteiger partial charge in [-0.1, -0.05) is 0 Å². The van der Waals surface area contributed by atoms with Crippen LogP contribution in [0.5, 0.6) is 0 Å². The van der Waals surface area contributed by atoms with E-state index < -0.39 is 0 Å². The highest BCUT2D eigenvalue weighted by Gasteiger charge is 2.09. The molecule has 0 rings (SSSR count). The number of rotatable bonds is 4. The van der Waals surface area contributed by atoms with E-state index in [9.17, 15) is 0 Å². The molecule has 0 aromatic rings. The molecule has 0 amide bonds. The zero-order valence-electron chi connectivity index (χ0n) is 7.60. The fraction of sp³-hybridized carbons (Fsp3) is 0.875. The predicted molar refractivity (Wildman–Crippen MR) is 42.4 cm³/mol. The van der Waals surface area contributed by atoms with Crippen LogP contribution in [-0.2, 0) is 0 Å². The van der Waals surface area contributed by atoms with Crippen molar-refractivity contribution in [3.05, 3.63) is 0 Å². The van der Waals surface area contributed by atoms with Gasteiger partial charge in [0.1, 0.15) is 0 Å². The zero-order valence-corrected chi connectivity index (χ0v) is 9.76. The second-order valence-electron chi connectivity index (χ2n) is 3.24. The lowest BCUT2D eigenvalue weighted by Gasteiger charge is -2.27. The average Bonchev–Trinajstić information content (AvgIpc) is 1.89. The Balaban J connectivity index is 0. The summed E-state index contributed by atoms with van der Waals surface area (Å²) in [5.41, 5.74) is 0. The molecule has 0 saturated carbocycles. The van der Waals surface area contributed by atoms with Crippen molar-refractivity contribution in [3.63, 3.8) is 0 Å². The fourth-order valence-electron chi connectivity index (χ4n) is 0.744. The normalized spacial score (nSPS) is 10.0. The summed E-state index contributed by atoms with van der Waals surface area (Å²) in [5, 5.41) is 8.28. The van der Waals surface area contributed by atoms with E-state index >= 15 is 0 Å². The smallest absolute Gasteiger partial charge is 0.0792 e. The Labute approximate surface area is 86.8 Å². The highest BCUT2D eigenvalue weighted by atomic mass is 127. The largest absolute Gasteiger partial charge is 1.00 e. The SMILES string of the molecule is CC[N+](C)(C)CCCC#N.[I-]. The van der Waals surface area contributed by atoms with Crippen LogP contribution >= 0.6 is 0 Å². The summed E-state index contributed by atoms with van der Waals surface area (Å²) in [5.74, 6) is 0. The Kier molecular flexibility index (Phi) is 8.58. The van der Waals surface area contributed by atoms with Gasteiger partial charge in [0.15, 0.2) is 0 Å². The van der Waals surface area contributed by atoms with Crippen LogP contribution in [0.2, 0.25) is 0 Å². The molecule has 0 radical (unpaired) electrons. The van der Waals surface area contributed by atoms with Gasteiger partial charge in [0.25, 0.3) is 0 Å². The van der Waals surface area contributed by atoms with Crippen molar-refractivity contribution >= 4 is 0 Å². The molecule has 0 aromatic carbocycles. The van der Waals surface area contributed by atoms with Gasteiger partial charge < -0.3 is 28.5 Å². The Hall–Kier alpha value is 0.180. The molecule has 0 spiro atoms. The number of halogens is 1. The molecule has 0 atom stereocenters. The summed E-state index contributed by atoms with van der Waals surface area (Å²) in [6.45, 7) is 4.43. The molecule has 0 saturated heterocycles. The summed E-state index contributed by atoms with van der Waals surface area (Å²) in [7, 11) is 4.38. The van der Waals surface area contributed by atoms with Crippen LogP contribution in [-0.4, -0.2) is 31.7 Å². The number of hydrogen-bond donors (Lipinski definition) is 0. The molecule has 0 unspecified atom stereocenters. The van der Waals surface area contributed by atoms with Gasteiger partial charge in [-0.15, -0.1) is 0 Å². The maximum absolute atomic E-state index is 8.28. The minimum absolute atomic E-state index is 0. The number of nitriles is 1. The van der Waals surface area contributed by atoms with Crippen molar-refractivity contribution in [2.45, 2.75) is 19.8 Å². The summed E-state index contributed by atoms with van der Waals surface area (Å²) in [4.78, 5) is 0. The summed E-state index contributed by atoms with van der Waals surface area (Å²) in [6.07, 6.45) is 1.72. The van der Waals surface area contributed by atoms with E-state index in [4.69, 9.17) is 5.26 Å². The number of hydrogen-bond acceptors (Lipinski definition) is 1. The van der Waals surface area contributed by atoms with Crippen LogP contribution in [0, 0.1) is 11.3 Å². The first-order valence-corrected chi connectivity index (χ1v) is 3.81. The molecule has 11 heavy (non-hydrogen) atoms. The third kappa shape index (κ3) is 8.08. The highest BCUT2D eigenvalue weighted by Crippen LogP contribution is 1.99. The van der Waals surface area contributed by atoms with Crippen LogP contribution in [0.1, 0.15) is 19.8 Å². The molecule has 0 bridgehead atoms. The first-order chi connectivity index (χ1) is 4.62. The van der Waals surface area contributed by atoms with Crippen molar-refractivity contribution in [1.82, 2.24) is 0 Å². The Morgan fingerprint density at radius 3 is 2.27 bits per heavy atom. The Bertz CT molecular complexity index is 127. The first-order valence-electron chi connectivity index (χ1n) is 3.81. The molecule has 0 aromatic heterocycles. The van der Waals surface area contributed by atoms with E-state index in [1.54, 1.807) is 0 Å². The van der Waals surface area contributed by atoms with Gasteiger partial charge in [0.2, 0.25) is 0 Å². The van der Waals surface area contributed by atoms with Gasteiger partial charge in [-0.2, -0.15) is 5.26 Å². The maximum Gasteiger partial charge on any atom is 0.0792 e. The minimum Gasteiger partial charge on any atom is -1.00 e. The predicted octanol–water partition coefficient (Wildman–Crippen LogP) is -1.61. The molecule has 0 fully saturated rings. The van der Waals surface area contributed by atoms with Crippen LogP contribution in [0.4, 0.5) is 0 Å². The molecule has 0 heterocycles. The van der Waals surface area contributed by atoms with Crippen molar-refractivity contribution in [2.24, 2.45) is 0 Å². The summed E-state index contributed by atoms with van der Waals surface area (Å²) in [6, 6.07) is 2.15. The van der Waals surface area contributed by atoms with Crippen molar-refractivity contribution < 1.29 is 28.5 Å². The lowest BCUT2D eigenvalue weighted by atomic mass is 10.3. The first kappa shape index (κ1) is 13.7. The second-order valence-corrected chi connectivity index (χ2v) is 3.24. The molecular weight excluding hydrogens is 251 g/mol. The monoisotopic (exact) mass is 268 g/mol. The van der Waals surface area contributed by atoms with Gasteiger partial charge in [-0.25, -0.2) is 0 Å². The van der Waals surface area contributed by atoms with Crippen LogP contribution in [0.25, 0.3) is 0 Å². The van der Waals surface area contributed by atoms with Crippen LogP contribution < -0.4 is 24.0 Å². The van der Waals surface area contributed by atoms with E-state index in [0.29, 0.717) is 6.42 Å². The fourth-order valence-corrected chi connectivity index (χ4v) is 0.744. The van der Waals surface area contributed by atoms with E-state index in [-0.39, 0.29) is 24.0 Å². The molecule has 66 valence electrons. The Morgan fingerprint density at radius 1 is 1.36 bits per heavy atom. The Morgan fingerprint density at radius 2 is 1.91 bits per heavy atom. The number of quaternary nitrogens is 1. The van der Waals surface area contributed by atoms with E-state index in [0.717, 1.165) is 24.0 Å². The molecule has 0 aliphatic carbocycles. The average molecular weight is 268 g/mol. The molecule has 2 nitrogen and oxygen atoms in total. The van der Waals surface area contributed by atoms with Crippen LogP contribution in [0.3, 0.4) is 0 Å². The third-order valence-corrected chi connectivity index (χ3v) is 1.91. The van der Waals surface area contributed by atoms with Gasteiger partial charge in [0.05, 0.1) is 33.3 Å². The van der Waals surface area contributed by atoms with Crippen LogP contribution in [0.15, 0.2) is 0 Å². The molecular formula is C8H17IN2. The van der Waals surface area contributed by atoms with Gasteiger partial charge in [0, 0.05) is 12.8 Å². The lowest BCUT2D eigenvalue weighted by Crippen LogP contribution is -3.00. The second kappa shape index (κ2) is 6.86. The van der Waals surface area contributed by atoms with Gasteiger partial charge in [-0.05, 0) is 6.92 Å². The summed E-state index contributed by atoms with van der Waals surface area (Å²) < 4.78 is 1.03. The van der Waals surface area contributed by atoms with Gasteiger partial charge >= 0.3 is 0 Å². The number of unbranched alkanes of at least 4 members (excludes halogenated alkanes) is 1. The standard InChI is InChI=1S/C8H17N2.HI/c1-4-10(2,3)8-6-5-7-9;/h4-6,8H2,1-3H3;1H/q+1;/p-1. The molecule has 0 aliphatic rings. The van der Waals surface area contributed by atoms with E-state index in [1.807, 2.05) is 0 Å². The molecule has 0 aliphatic heterocycles. The summed E-state index contributed by atoms with van der Waals surface area (Å²) >= 11 is 0. The topological polar surface area (TPSA) is 23.8 Å². The minimum atomic E-state index is 0. The van der Waals surface area contributed by atoms with Crippen molar-refractivity contribution in [1.29, 1.82) is 5.26 Å².